The summed E-state index contributed by atoms with van der Waals surface area (Å²) in [7, 11) is 0. The average Bonchev–Trinajstić information content (AvgIpc) is 3.62. The van der Waals surface area contributed by atoms with E-state index in [1.165, 1.54) is 0 Å². The Morgan fingerprint density at radius 1 is 1.12 bits per heavy atom. The molecular weight excluding hydrogens is 402 g/mol. The number of hydrogen-bond acceptors (Lipinski definition) is 6. The van der Waals surface area contributed by atoms with Crippen LogP contribution in [0.3, 0.4) is 0 Å². The average molecular weight is 423 g/mol. The Bertz CT molecular complexity index is 1440. The van der Waals surface area contributed by atoms with Gasteiger partial charge in [-0.1, -0.05) is 0 Å². The van der Waals surface area contributed by atoms with E-state index in [-0.39, 0.29) is 6.04 Å². The summed E-state index contributed by atoms with van der Waals surface area (Å²) in [6.45, 7) is 1.76. The van der Waals surface area contributed by atoms with Crippen molar-refractivity contribution < 1.29 is 0 Å². The molecule has 0 aromatic carbocycles. The van der Waals surface area contributed by atoms with E-state index in [1.54, 1.807) is 6.33 Å². The fourth-order valence-electron chi connectivity index (χ4n) is 4.72. The number of hydrogen-bond donors (Lipinski definition) is 2. The molecule has 1 aliphatic rings. The van der Waals surface area contributed by atoms with Gasteiger partial charge in [0.05, 0.1) is 30.4 Å². The molecule has 1 aliphatic heterocycles. The van der Waals surface area contributed by atoms with Crippen molar-refractivity contribution in [3.8, 4) is 17.3 Å². The molecule has 0 aliphatic carbocycles. The van der Waals surface area contributed by atoms with E-state index >= 15 is 0 Å². The Morgan fingerprint density at radius 2 is 2.03 bits per heavy atom. The van der Waals surface area contributed by atoms with Crippen LogP contribution in [0, 0.1) is 17.2 Å². The molecule has 1 saturated heterocycles. The highest BCUT2D eigenvalue weighted by Crippen LogP contribution is 2.34. The van der Waals surface area contributed by atoms with Crippen LogP contribution in [-0.4, -0.2) is 47.8 Å². The molecule has 9 nitrogen and oxygen atoms in total. The molecule has 1 fully saturated rings. The molecule has 2 N–H and O–H groups in total. The highest BCUT2D eigenvalue weighted by Gasteiger charge is 2.32. The second kappa shape index (κ2) is 7.50. The van der Waals surface area contributed by atoms with Crippen molar-refractivity contribution in [1.82, 2.24) is 34.7 Å². The van der Waals surface area contributed by atoms with Gasteiger partial charge < -0.3 is 14.9 Å². The first kappa shape index (κ1) is 18.6. The second-order valence-electron chi connectivity index (χ2n) is 8.18. The number of nitriles is 1. The summed E-state index contributed by atoms with van der Waals surface area (Å²) in [6.07, 6.45) is 10.5. The van der Waals surface area contributed by atoms with Gasteiger partial charge in [0.15, 0.2) is 0 Å². The predicted octanol–water partition coefficient (Wildman–Crippen LogP) is 3.68. The van der Waals surface area contributed by atoms with Gasteiger partial charge in [-0.3, -0.25) is 4.68 Å². The molecule has 6 heterocycles. The third kappa shape index (κ3) is 3.08. The zero-order valence-corrected chi connectivity index (χ0v) is 17.3. The second-order valence-corrected chi connectivity index (χ2v) is 8.18. The standard InChI is InChI=1S/C23H21N9/c24-7-3-19(16-6-10-31(12-16)20-2-1-15-4-8-25-22(15)30-20)32-13-17(11-29-32)21-18-5-9-26-23(18)28-14-27-21/h1-2,4-5,8-9,11,13-14,16,19H,3,6,10,12H2,(H,25,30)(H,26,27,28). The number of nitrogens with zero attached hydrogens (tertiary/aromatic N) is 7. The quantitative estimate of drug-likeness (QED) is 0.446. The highest BCUT2D eigenvalue weighted by atomic mass is 15.3. The third-order valence-electron chi connectivity index (χ3n) is 6.36. The van der Waals surface area contributed by atoms with Crippen LogP contribution in [0.25, 0.3) is 33.3 Å². The van der Waals surface area contributed by atoms with E-state index in [0.717, 1.165) is 58.7 Å². The first-order valence-corrected chi connectivity index (χ1v) is 10.7. The summed E-state index contributed by atoms with van der Waals surface area (Å²) in [5.74, 6) is 1.27. The van der Waals surface area contributed by atoms with Gasteiger partial charge in [0, 0.05) is 53.9 Å². The van der Waals surface area contributed by atoms with Crippen LogP contribution >= 0.6 is 0 Å². The summed E-state index contributed by atoms with van der Waals surface area (Å²) in [5.41, 5.74) is 3.47. The van der Waals surface area contributed by atoms with Gasteiger partial charge in [-0.15, -0.1) is 0 Å². The Hall–Kier alpha value is -4.19. The summed E-state index contributed by atoms with van der Waals surface area (Å²) < 4.78 is 1.94. The molecule has 0 saturated carbocycles. The van der Waals surface area contributed by atoms with Crippen LogP contribution in [-0.2, 0) is 0 Å². The smallest absolute Gasteiger partial charge is 0.141 e. The molecule has 0 amide bonds. The molecular formula is C23H21N9. The SMILES string of the molecule is N#CCC(C1CCN(c2ccc3cc[nH]c3n2)C1)n1cc(-c2ncnc3[nH]ccc23)cn1. The topological polar surface area (TPSA) is 115 Å². The van der Waals surface area contributed by atoms with Crippen molar-refractivity contribution in [2.75, 3.05) is 18.0 Å². The lowest BCUT2D eigenvalue weighted by Crippen LogP contribution is -2.25. The number of rotatable bonds is 5. The van der Waals surface area contributed by atoms with Crippen LogP contribution < -0.4 is 4.90 Å². The summed E-state index contributed by atoms with van der Waals surface area (Å²) in [6, 6.07) is 10.5. The van der Waals surface area contributed by atoms with Crippen LogP contribution in [0.4, 0.5) is 5.82 Å². The lowest BCUT2D eigenvalue weighted by atomic mass is 9.96. The van der Waals surface area contributed by atoms with Crippen molar-refractivity contribution in [1.29, 1.82) is 5.26 Å². The zero-order chi connectivity index (χ0) is 21.5. The van der Waals surface area contributed by atoms with Gasteiger partial charge >= 0.3 is 0 Å². The Labute approximate surface area is 183 Å². The Balaban J connectivity index is 1.27. The lowest BCUT2D eigenvalue weighted by molar-refractivity contribution is 0.332. The molecule has 9 heteroatoms. The van der Waals surface area contributed by atoms with Crippen molar-refractivity contribution >= 4 is 27.9 Å². The molecule has 0 spiro atoms. The molecule has 0 bridgehead atoms. The number of pyridine rings is 1. The normalized spacial score (nSPS) is 17.2. The van der Waals surface area contributed by atoms with Gasteiger partial charge in [0.25, 0.3) is 0 Å². The minimum Gasteiger partial charge on any atom is -0.356 e. The highest BCUT2D eigenvalue weighted by molar-refractivity contribution is 5.90. The molecule has 2 unspecified atom stereocenters. The maximum Gasteiger partial charge on any atom is 0.141 e. The van der Waals surface area contributed by atoms with Crippen LogP contribution in [0.5, 0.6) is 0 Å². The van der Waals surface area contributed by atoms with E-state index in [0.29, 0.717) is 12.3 Å². The van der Waals surface area contributed by atoms with Crippen molar-refractivity contribution in [3.05, 3.63) is 55.4 Å². The summed E-state index contributed by atoms with van der Waals surface area (Å²) in [5, 5.41) is 16.2. The summed E-state index contributed by atoms with van der Waals surface area (Å²) >= 11 is 0. The Morgan fingerprint density at radius 3 is 2.97 bits per heavy atom. The summed E-state index contributed by atoms with van der Waals surface area (Å²) in [4.78, 5) is 22.1. The number of H-pyrrole nitrogens is 2. The first-order valence-electron chi connectivity index (χ1n) is 10.7. The van der Waals surface area contributed by atoms with Crippen molar-refractivity contribution in [2.45, 2.75) is 18.9 Å². The minimum absolute atomic E-state index is 0.00322. The predicted molar refractivity (Wildman–Crippen MR) is 121 cm³/mol. The van der Waals surface area contributed by atoms with E-state index in [1.807, 2.05) is 41.6 Å². The van der Waals surface area contributed by atoms with Crippen molar-refractivity contribution in [2.24, 2.45) is 5.92 Å². The third-order valence-corrected chi connectivity index (χ3v) is 6.36. The number of aromatic amines is 2. The molecule has 2 atom stereocenters. The maximum atomic E-state index is 9.53. The van der Waals surface area contributed by atoms with Gasteiger partial charge in [-0.25, -0.2) is 15.0 Å². The van der Waals surface area contributed by atoms with E-state index < -0.39 is 0 Å². The van der Waals surface area contributed by atoms with Crippen LogP contribution in [0.2, 0.25) is 0 Å². The van der Waals surface area contributed by atoms with E-state index in [4.69, 9.17) is 4.98 Å². The molecule has 158 valence electrons. The van der Waals surface area contributed by atoms with Gasteiger partial charge in [-0.05, 0) is 30.7 Å². The molecule has 5 aromatic rings. The van der Waals surface area contributed by atoms with Crippen LogP contribution in [0.1, 0.15) is 18.9 Å². The van der Waals surface area contributed by atoms with E-state index in [2.05, 4.69) is 48.1 Å². The molecule has 5 aromatic heterocycles. The zero-order valence-electron chi connectivity index (χ0n) is 17.3. The van der Waals surface area contributed by atoms with Gasteiger partial charge in [0.2, 0.25) is 0 Å². The minimum atomic E-state index is -0.00322. The van der Waals surface area contributed by atoms with Crippen molar-refractivity contribution in [3.63, 3.8) is 0 Å². The molecule has 32 heavy (non-hydrogen) atoms. The largest absolute Gasteiger partial charge is 0.356 e. The first-order chi connectivity index (χ1) is 15.8. The molecule has 6 rings (SSSR count). The number of aromatic nitrogens is 7. The van der Waals surface area contributed by atoms with E-state index in [9.17, 15) is 5.26 Å². The maximum absolute atomic E-state index is 9.53. The fourth-order valence-corrected chi connectivity index (χ4v) is 4.72. The number of fused-ring (bicyclic) bond motifs is 2. The van der Waals surface area contributed by atoms with Gasteiger partial charge in [-0.2, -0.15) is 10.4 Å². The van der Waals surface area contributed by atoms with Crippen LogP contribution in [0.15, 0.2) is 55.4 Å². The van der Waals surface area contributed by atoms with Gasteiger partial charge in [0.1, 0.15) is 23.4 Å². The molecule has 0 radical (unpaired) electrons. The number of anilines is 1. The number of nitrogens with one attached hydrogen (secondary N) is 2. The monoisotopic (exact) mass is 423 g/mol. The Kier molecular flexibility index (Phi) is 4.35. The fraction of sp³-hybridized carbons (Fsp3) is 0.261. The lowest BCUT2D eigenvalue weighted by Gasteiger charge is -2.23.